The van der Waals surface area contributed by atoms with Crippen molar-refractivity contribution in [3.8, 4) is 17.8 Å². The number of carbonyl (C=O) groups is 1. The van der Waals surface area contributed by atoms with Crippen molar-refractivity contribution in [1.29, 1.82) is 0 Å². The SMILES string of the molecule is CCCC(=O)N1CCC[C@@H](C#COc2cccc3c2C(N)=NS(=O)(=O)N3)C1. The molecule has 0 spiro atoms. The molecule has 1 amide bonds. The molecule has 3 N–H and O–H groups in total. The molecule has 0 saturated carbocycles. The molecular formula is C18H22N4O4S. The molecule has 0 aliphatic carbocycles. The number of amidine groups is 1. The van der Waals surface area contributed by atoms with Gasteiger partial charge >= 0.3 is 10.2 Å². The van der Waals surface area contributed by atoms with Crippen LogP contribution in [0, 0.1) is 17.9 Å². The minimum Gasteiger partial charge on any atom is -0.407 e. The number of likely N-dealkylation sites (tertiary alicyclic amines) is 1. The molecule has 0 radical (unpaired) electrons. The number of nitrogens with one attached hydrogen (secondary N) is 1. The summed E-state index contributed by atoms with van der Waals surface area (Å²) in [5.74, 6) is 3.45. The van der Waals surface area contributed by atoms with Crippen molar-refractivity contribution in [2.24, 2.45) is 16.0 Å². The Morgan fingerprint density at radius 3 is 3.07 bits per heavy atom. The number of carbonyl (C=O) groups excluding carboxylic acids is 1. The highest BCUT2D eigenvalue weighted by Crippen LogP contribution is 2.30. The average Bonchev–Trinajstić information content (AvgIpc) is 2.61. The summed E-state index contributed by atoms with van der Waals surface area (Å²) in [6.45, 7) is 3.37. The summed E-state index contributed by atoms with van der Waals surface area (Å²) in [5, 5.41) is 0. The fourth-order valence-corrected chi connectivity index (χ4v) is 4.01. The Hall–Kier alpha value is -2.73. The first-order valence-electron chi connectivity index (χ1n) is 8.86. The first kappa shape index (κ1) is 19.0. The summed E-state index contributed by atoms with van der Waals surface area (Å²) >= 11 is 0. The maximum Gasteiger partial charge on any atom is 0.344 e. The Balaban J connectivity index is 1.71. The van der Waals surface area contributed by atoms with Crippen molar-refractivity contribution < 1.29 is 17.9 Å². The number of benzene rings is 1. The number of fused-ring (bicyclic) bond motifs is 1. The van der Waals surface area contributed by atoms with E-state index in [1.165, 1.54) is 0 Å². The lowest BCUT2D eigenvalue weighted by atomic mass is 9.98. The van der Waals surface area contributed by atoms with Crippen molar-refractivity contribution in [2.45, 2.75) is 32.6 Å². The Kier molecular flexibility index (Phi) is 5.56. The van der Waals surface area contributed by atoms with Gasteiger partial charge in [-0.1, -0.05) is 18.9 Å². The summed E-state index contributed by atoms with van der Waals surface area (Å²) in [4.78, 5) is 13.9. The van der Waals surface area contributed by atoms with Crippen molar-refractivity contribution in [2.75, 3.05) is 17.8 Å². The van der Waals surface area contributed by atoms with Crippen LogP contribution in [-0.2, 0) is 15.0 Å². The standard InChI is InChI=1S/C18H22N4O4S/c1-2-5-16(23)22-10-4-6-13(12-22)9-11-26-15-8-3-7-14-17(15)18(19)21-27(24,25)20-14/h3,7-8,13,20H,2,4-6,10,12H2,1H3,(H2,19,21)/t13-/m0/s1. The smallest absolute Gasteiger partial charge is 0.344 e. The molecule has 2 heterocycles. The van der Waals surface area contributed by atoms with Crippen LogP contribution in [-0.4, -0.2) is 38.2 Å². The molecule has 1 aromatic carbocycles. The molecule has 27 heavy (non-hydrogen) atoms. The molecule has 1 fully saturated rings. The van der Waals surface area contributed by atoms with Crippen LogP contribution < -0.4 is 15.2 Å². The Labute approximate surface area is 159 Å². The van der Waals surface area contributed by atoms with Crippen molar-refractivity contribution >= 4 is 27.6 Å². The van der Waals surface area contributed by atoms with E-state index in [1.54, 1.807) is 18.2 Å². The van der Waals surface area contributed by atoms with E-state index in [4.69, 9.17) is 10.5 Å². The molecule has 9 heteroatoms. The molecule has 0 aromatic heterocycles. The third kappa shape index (κ3) is 4.52. The van der Waals surface area contributed by atoms with Gasteiger partial charge in [0.1, 0.15) is 6.11 Å². The molecule has 144 valence electrons. The Morgan fingerprint density at radius 2 is 2.30 bits per heavy atom. The molecule has 8 nitrogen and oxygen atoms in total. The van der Waals surface area contributed by atoms with E-state index in [0.717, 1.165) is 25.8 Å². The van der Waals surface area contributed by atoms with Crippen LogP contribution in [0.5, 0.6) is 5.75 Å². The molecule has 2 aliphatic rings. The highest BCUT2D eigenvalue weighted by molar-refractivity contribution is 7.91. The Morgan fingerprint density at radius 1 is 1.48 bits per heavy atom. The van der Waals surface area contributed by atoms with Gasteiger partial charge < -0.3 is 15.4 Å². The van der Waals surface area contributed by atoms with Gasteiger partial charge in [-0.05, 0) is 31.4 Å². The van der Waals surface area contributed by atoms with Gasteiger partial charge in [-0.2, -0.15) is 8.42 Å². The maximum atomic E-state index is 12.1. The van der Waals surface area contributed by atoms with Gasteiger partial charge in [-0.25, -0.2) is 0 Å². The third-order valence-electron chi connectivity index (χ3n) is 4.40. The number of nitrogens with two attached hydrogens (primary N) is 1. The van der Waals surface area contributed by atoms with Crippen LogP contribution in [0.15, 0.2) is 22.6 Å². The zero-order chi connectivity index (χ0) is 19.4. The quantitative estimate of drug-likeness (QED) is 0.758. The number of rotatable bonds is 3. The number of anilines is 1. The van der Waals surface area contributed by atoms with Gasteiger partial charge in [0, 0.05) is 25.4 Å². The Bertz CT molecular complexity index is 930. The number of hydrogen-bond acceptors (Lipinski definition) is 5. The molecular weight excluding hydrogens is 368 g/mol. The highest BCUT2D eigenvalue weighted by atomic mass is 32.2. The lowest BCUT2D eigenvalue weighted by Gasteiger charge is -2.30. The van der Waals surface area contributed by atoms with E-state index < -0.39 is 10.2 Å². The number of nitrogens with zero attached hydrogens (tertiary/aromatic N) is 2. The second-order valence-electron chi connectivity index (χ2n) is 6.51. The van der Waals surface area contributed by atoms with E-state index in [-0.39, 0.29) is 17.7 Å². The van der Waals surface area contributed by atoms with E-state index in [0.29, 0.717) is 30.0 Å². The molecule has 1 aromatic rings. The third-order valence-corrected chi connectivity index (χ3v) is 5.32. The molecule has 0 bridgehead atoms. The lowest BCUT2D eigenvalue weighted by Crippen LogP contribution is -2.39. The first-order chi connectivity index (χ1) is 12.9. The number of amides is 1. The van der Waals surface area contributed by atoms with E-state index >= 15 is 0 Å². The van der Waals surface area contributed by atoms with Gasteiger partial charge in [0.15, 0.2) is 11.6 Å². The second kappa shape index (κ2) is 7.88. The highest BCUT2D eigenvalue weighted by Gasteiger charge is 2.25. The van der Waals surface area contributed by atoms with E-state index in [9.17, 15) is 13.2 Å². The monoisotopic (exact) mass is 390 g/mol. The summed E-state index contributed by atoms with van der Waals surface area (Å²) in [6, 6.07) is 4.86. The van der Waals surface area contributed by atoms with Gasteiger partial charge in [0.05, 0.1) is 11.3 Å². The summed E-state index contributed by atoms with van der Waals surface area (Å²) in [5.41, 5.74) is 6.44. The number of piperidine rings is 1. The van der Waals surface area contributed by atoms with Crippen molar-refractivity contribution in [1.82, 2.24) is 4.90 Å². The van der Waals surface area contributed by atoms with Crippen LogP contribution in [0.4, 0.5) is 5.69 Å². The molecule has 0 unspecified atom stereocenters. The minimum atomic E-state index is -3.83. The van der Waals surface area contributed by atoms with Crippen molar-refractivity contribution in [3.05, 3.63) is 23.8 Å². The molecule has 1 saturated heterocycles. The summed E-state index contributed by atoms with van der Waals surface area (Å²) < 4.78 is 34.5. The van der Waals surface area contributed by atoms with Crippen LogP contribution in [0.25, 0.3) is 0 Å². The second-order valence-corrected chi connectivity index (χ2v) is 7.85. The van der Waals surface area contributed by atoms with Crippen LogP contribution in [0.1, 0.15) is 38.2 Å². The number of hydrogen-bond donors (Lipinski definition) is 2. The molecule has 2 aliphatic heterocycles. The fraction of sp³-hybridized carbons (Fsp3) is 0.444. The first-order valence-corrected chi connectivity index (χ1v) is 10.3. The average molecular weight is 390 g/mol. The van der Waals surface area contributed by atoms with Gasteiger partial charge in [-0.3, -0.25) is 9.52 Å². The van der Waals surface area contributed by atoms with Crippen LogP contribution in [0.2, 0.25) is 0 Å². The van der Waals surface area contributed by atoms with Gasteiger partial charge in [0.25, 0.3) is 0 Å². The minimum absolute atomic E-state index is 0.0450. The fourth-order valence-electron chi connectivity index (χ4n) is 3.16. The van der Waals surface area contributed by atoms with E-state index in [1.807, 2.05) is 11.8 Å². The zero-order valence-electron chi connectivity index (χ0n) is 15.1. The van der Waals surface area contributed by atoms with E-state index in [2.05, 4.69) is 21.1 Å². The predicted molar refractivity (Wildman–Crippen MR) is 102 cm³/mol. The van der Waals surface area contributed by atoms with Crippen molar-refractivity contribution in [3.63, 3.8) is 0 Å². The van der Waals surface area contributed by atoms with Crippen LogP contribution in [0.3, 0.4) is 0 Å². The normalized spacial score (nSPS) is 20.4. The van der Waals surface area contributed by atoms with Gasteiger partial charge in [-0.15, -0.1) is 4.40 Å². The zero-order valence-corrected chi connectivity index (χ0v) is 15.9. The van der Waals surface area contributed by atoms with Crippen LogP contribution >= 0.6 is 0 Å². The summed E-state index contributed by atoms with van der Waals surface area (Å²) in [7, 11) is -3.83. The maximum absolute atomic E-state index is 12.1. The summed E-state index contributed by atoms with van der Waals surface area (Å²) in [6.07, 6.45) is 5.89. The topological polar surface area (TPSA) is 114 Å². The number of ether oxygens (including phenoxy) is 1. The largest absolute Gasteiger partial charge is 0.407 e. The molecule has 3 rings (SSSR count). The predicted octanol–water partition coefficient (Wildman–Crippen LogP) is 1.44. The molecule has 1 atom stereocenters. The van der Waals surface area contributed by atoms with Gasteiger partial charge in [0.2, 0.25) is 5.91 Å². The lowest BCUT2D eigenvalue weighted by molar-refractivity contribution is -0.132.